The van der Waals surface area contributed by atoms with Gasteiger partial charge in [0, 0.05) is 13.6 Å². The molecule has 0 radical (unpaired) electrons. The smallest absolute Gasteiger partial charge is 0.391 e. The van der Waals surface area contributed by atoms with Crippen LogP contribution in [-0.2, 0) is 6.18 Å². The molecule has 1 N–H and O–H groups in total. The molecule has 1 atom stereocenters. The summed E-state index contributed by atoms with van der Waals surface area (Å²) in [5.74, 6) is 0.186. The Morgan fingerprint density at radius 2 is 2.10 bits per heavy atom. The highest BCUT2D eigenvalue weighted by molar-refractivity contribution is 5.58. The molecule has 1 aliphatic rings. The molecule has 1 saturated carbocycles. The fourth-order valence-corrected chi connectivity index (χ4v) is 2.17. The van der Waals surface area contributed by atoms with Crippen LogP contribution < -0.4 is 4.90 Å². The third-order valence-electron chi connectivity index (χ3n) is 3.47. The molecule has 108 valence electrons. The van der Waals surface area contributed by atoms with E-state index in [1.165, 1.54) is 18.0 Å². The second kappa shape index (κ2) is 5.33. The Kier molecular flexibility index (Phi) is 3.91. The molecule has 0 heterocycles. The van der Waals surface area contributed by atoms with Gasteiger partial charge in [0.05, 0.1) is 29.0 Å². The van der Waals surface area contributed by atoms with Crippen LogP contribution >= 0.6 is 0 Å². The van der Waals surface area contributed by atoms with E-state index in [9.17, 15) is 18.3 Å². The Morgan fingerprint density at radius 3 is 2.60 bits per heavy atom. The molecule has 2 rings (SSSR count). The molecule has 0 saturated heterocycles. The molecule has 20 heavy (non-hydrogen) atoms. The molecule has 6 heteroatoms. The number of halogens is 3. The Hall–Kier alpha value is -1.74. The van der Waals surface area contributed by atoms with E-state index in [4.69, 9.17) is 5.26 Å². The van der Waals surface area contributed by atoms with E-state index in [1.807, 2.05) is 6.07 Å². The van der Waals surface area contributed by atoms with E-state index in [1.54, 1.807) is 0 Å². The van der Waals surface area contributed by atoms with Crippen molar-refractivity contribution in [2.24, 2.45) is 5.92 Å². The van der Waals surface area contributed by atoms with Crippen molar-refractivity contribution in [2.75, 3.05) is 18.5 Å². The lowest BCUT2D eigenvalue weighted by atomic mass is 10.1. The van der Waals surface area contributed by atoms with Gasteiger partial charge in [-0.2, -0.15) is 18.4 Å². The zero-order valence-electron chi connectivity index (χ0n) is 11.0. The number of hydrogen-bond acceptors (Lipinski definition) is 3. The first-order chi connectivity index (χ1) is 9.32. The van der Waals surface area contributed by atoms with Crippen LogP contribution in [0.3, 0.4) is 0 Å². The van der Waals surface area contributed by atoms with Crippen LogP contribution in [0.2, 0.25) is 0 Å². The van der Waals surface area contributed by atoms with Gasteiger partial charge in [-0.25, -0.2) is 0 Å². The number of hydrogen-bond donors (Lipinski definition) is 1. The third kappa shape index (κ3) is 3.23. The van der Waals surface area contributed by atoms with Crippen LogP contribution in [0.5, 0.6) is 0 Å². The van der Waals surface area contributed by atoms with E-state index >= 15 is 0 Å². The molecular weight excluding hydrogens is 269 g/mol. The molecule has 0 aliphatic heterocycles. The highest BCUT2D eigenvalue weighted by Crippen LogP contribution is 2.38. The first-order valence-corrected chi connectivity index (χ1v) is 6.33. The summed E-state index contributed by atoms with van der Waals surface area (Å²) in [6, 6.07) is 5.10. The maximum absolute atomic E-state index is 13.0. The van der Waals surface area contributed by atoms with Gasteiger partial charge >= 0.3 is 6.18 Å². The van der Waals surface area contributed by atoms with Crippen molar-refractivity contribution in [3.05, 3.63) is 29.3 Å². The summed E-state index contributed by atoms with van der Waals surface area (Å²) in [7, 11) is 1.50. The van der Waals surface area contributed by atoms with Crippen LogP contribution in [0, 0.1) is 17.2 Å². The molecule has 0 bridgehead atoms. The van der Waals surface area contributed by atoms with E-state index in [-0.39, 0.29) is 23.7 Å². The van der Waals surface area contributed by atoms with E-state index < -0.39 is 17.8 Å². The van der Waals surface area contributed by atoms with Gasteiger partial charge in [-0.1, -0.05) is 0 Å². The van der Waals surface area contributed by atoms with E-state index in [0.717, 1.165) is 25.0 Å². The summed E-state index contributed by atoms with van der Waals surface area (Å²) >= 11 is 0. The molecule has 1 aliphatic carbocycles. The number of aliphatic hydroxyl groups is 1. The minimum Gasteiger partial charge on any atom is -0.391 e. The first kappa shape index (κ1) is 14.7. The summed E-state index contributed by atoms with van der Waals surface area (Å²) in [6.07, 6.45) is -3.28. The zero-order chi connectivity index (χ0) is 14.9. The van der Waals surface area contributed by atoms with E-state index in [2.05, 4.69) is 0 Å². The standard InChI is InChI=1S/C14H15F3N2O/c1-19(8-13(20)10-3-4-10)12-6-9(7-18)2-5-11(12)14(15,16)17/h2,5-6,10,13,20H,3-4,8H2,1H3. The number of likely N-dealkylation sites (N-methyl/N-ethyl adjacent to an activating group) is 1. The fraction of sp³-hybridized carbons (Fsp3) is 0.500. The highest BCUT2D eigenvalue weighted by atomic mass is 19.4. The summed E-state index contributed by atoms with van der Waals surface area (Å²) in [6.45, 7) is 0.128. The van der Waals surface area contributed by atoms with Gasteiger partial charge in [-0.3, -0.25) is 0 Å². The first-order valence-electron chi connectivity index (χ1n) is 6.33. The molecule has 0 aromatic heterocycles. The molecule has 1 unspecified atom stereocenters. The van der Waals surface area contributed by atoms with Crippen molar-refractivity contribution < 1.29 is 18.3 Å². The Bertz CT molecular complexity index is 532. The van der Waals surface area contributed by atoms with E-state index in [0.29, 0.717) is 0 Å². The molecule has 0 spiro atoms. The maximum Gasteiger partial charge on any atom is 0.418 e. The molecule has 1 aromatic carbocycles. The number of nitriles is 1. The van der Waals surface area contributed by atoms with Crippen LogP contribution in [0.4, 0.5) is 18.9 Å². The van der Waals surface area contributed by atoms with Gasteiger partial charge in [-0.15, -0.1) is 0 Å². The number of aliphatic hydroxyl groups excluding tert-OH is 1. The van der Waals surface area contributed by atoms with Gasteiger partial charge in [-0.05, 0) is 37.0 Å². The normalized spacial score (nSPS) is 16.6. The van der Waals surface area contributed by atoms with Crippen LogP contribution in [0.15, 0.2) is 18.2 Å². The number of alkyl halides is 3. The topological polar surface area (TPSA) is 47.3 Å². The molecule has 0 amide bonds. The van der Waals surface area contributed by atoms with Crippen molar-refractivity contribution in [1.82, 2.24) is 0 Å². The average Bonchev–Trinajstić information content (AvgIpc) is 3.21. The lowest BCUT2D eigenvalue weighted by Crippen LogP contribution is -2.31. The van der Waals surface area contributed by atoms with Crippen molar-refractivity contribution in [2.45, 2.75) is 25.1 Å². The Morgan fingerprint density at radius 1 is 1.45 bits per heavy atom. The van der Waals surface area contributed by atoms with Crippen LogP contribution in [0.25, 0.3) is 0 Å². The fourth-order valence-electron chi connectivity index (χ4n) is 2.17. The molecule has 3 nitrogen and oxygen atoms in total. The van der Waals surface area contributed by atoms with Crippen LogP contribution in [0.1, 0.15) is 24.0 Å². The monoisotopic (exact) mass is 284 g/mol. The number of benzene rings is 1. The van der Waals surface area contributed by atoms with Gasteiger partial charge in [0.2, 0.25) is 0 Å². The zero-order valence-corrected chi connectivity index (χ0v) is 11.0. The quantitative estimate of drug-likeness (QED) is 0.924. The predicted molar refractivity (Wildman–Crippen MR) is 68.2 cm³/mol. The van der Waals surface area contributed by atoms with Gasteiger partial charge < -0.3 is 10.0 Å². The maximum atomic E-state index is 13.0. The minimum absolute atomic E-state index is 0.0729. The van der Waals surface area contributed by atoms with Crippen LogP contribution in [-0.4, -0.2) is 24.8 Å². The predicted octanol–water partition coefficient (Wildman–Crippen LogP) is 2.78. The average molecular weight is 284 g/mol. The van der Waals surface area contributed by atoms with Crippen molar-refractivity contribution in [3.8, 4) is 6.07 Å². The third-order valence-corrected chi connectivity index (χ3v) is 3.47. The van der Waals surface area contributed by atoms with Crippen molar-refractivity contribution >= 4 is 5.69 Å². The summed E-state index contributed by atoms with van der Waals surface area (Å²) in [5.41, 5.74) is -0.695. The highest BCUT2D eigenvalue weighted by Gasteiger charge is 2.36. The van der Waals surface area contributed by atoms with Crippen molar-refractivity contribution in [3.63, 3.8) is 0 Å². The second-order valence-corrected chi connectivity index (χ2v) is 5.13. The second-order valence-electron chi connectivity index (χ2n) is 5.13. The Balaban J connectivity index is 2.29. The molecule has 1 fully saturated rings. The minimum atomic E-state index is -4.48. The summed E-state index contributed by atoms with van der Waals surface area (Å²) in [5, 5.41) is 18.7. The van der Waals surface area contributed by atoms with Gasteiger partial charge in [0.25, 0.3) is 0 Å². The lowest BCUT2D eigenvalue weighted by molar-refractivity contribution is -0.137. The number of anilines is 1. The Labute approximate surface area is 115 Å². The molecular formula is C14H15F3N2O. The largest absolute Gasteiger partial charge is 0.418 e. The summed E-state index contributed by atoms with van der Waals surface area (Å²) < 4.78 is 38.9. The number of rotatable bonds is 4. The van der Waals surface area contributed by atoms with Gasteiger partial charge in [0.15, 0.2) is 0 Å². The molecule has 1 aromatic rings. The van der Waals surface area contributed by atoms with Gasteiger partial charge in [0.1, 0.15) is 0 Å². The number of nitrogens with zero attached hydrogens (tertiary/aromatic N) is 2. The summed E-state index contributed by atoms with van der Waals surface area (Å²) in [4.78, 5) is 1.37. The SMILES string of the molecule is CN(CC(O)C1CC1)c1cc(C#N)ccc1C(F)(F)F. The van der Waals surface area contributed by atoms with Crippen molar-refractivity contribution in [1.29, 1.82) is 5.26 Å². The lowest BCUT2D eigenvalue weighted by Gasteiger charge is -2.26.